The lowest BCUT2D eigenvalue weighted by molar-refractivity contribution is 0.620. The van der Waals surface area contributed by atoms with Crippen molar-refractivity contribution < 1.29 is 4.42 Å². The van der Waals surface area contributed by atoms with Gasteiger partial charge in [-0.1, -0.05) is 17.7 Å². The predicted octanol–water partition coefficient (Wildman–Crippen LogP) is 3.73. The highest BCUT2D eigenvalue weighted by molar-refractivity contribution is 6.30. The first-order valence-electron chi connectivity index (χ1n) is 6.31. The maximum atomic E-state index is 6.00. The van der Waals surface area contributed by atoms with Crippen molar-refractivity contribution >= 4 is 22.7 Å². The largest absolute Gasteiger partial charge is 0.436 e. The summed E-state index contributed by atoms with van der Waals surface area (Å²) in [6, 6.07) is 13.2. The molecule has 6 heteroatoms. The normalized spacial score (nSPS) is 11.1. The van der Waals surface area contributed by atoms with E-state index in [0.29, 0.717) is 10.9 Å². The van der Waals surface area contributed by atoms with E-state index >= 15 is 0 Å². The van der Waals surface area contributed by atoms with Crippen LogP contribution in [0.5, 0.6) is 0 Å². The zero-order chi connectivity index (χ0) is 14.2. The van der Waals surface area contributed by atoms with Gasteiger partial charge in [-0.2, -0.15) is 0 Å². The molecule has 0 aliphatic heterocycles. The molecule has 0 aliphatic carbocycles. The summed E-state index contributed by atoms with van der Waals surface area (Å²) in [6.45, 7) is 0. The van der Waals surface area contributed by atoms with Crippen LogP contribution in [0.2, 0.25) is 5.02 Å². The molecule has 102 valence electrons. The van der Waals surface area contributed by atoms with Crippen molar-refractivity contribution in [3.63, 3.8) is 0 Å². The molecule has 2 aromatic carbocycles. The highest BCUT2D eigenvalue weighted by Gasteiger charge is 2.09. The topological polar surface area (TPSA) is 56.7 Å². The van der Waals surface area contributed by atoms with Crippen LogP contribution in [-0.4, -0.2) is 19.7 Å². The molecule has 2 aromatic heterocycles. The minimum Gasteiger partial charge on any atom is -0.436 e. The minimum atomic E-state index is 0.549. The van der Waals surface area contributed by atoms with Crippen molar-refractivity contribution in [2.75, 3.05) is 0 Å². The van der Waals surface area contributed by atoms with Gasteiger partial charge in [-0.3, -0.25) is 4.57 Å². The lowest BCUT2D eigenvalue weighted by Crippen LogP contribution is -1.88. The van der Waals surface area contributed by atoms with Gasteiger partial charge in [-0.15, -0.1) is 10.2 Å². The Bertz CT molecular complexity index is 914. The van der Waals surface area contributed by atoms with Gasteiger partial charge in [0.25, 0.3) is 0 Å². The second-order valence-corrected chi connectivity index (χ2v) is 4.99. The number of hydrogen-bond donors (Lipinski definition) is 0. The Morgan fingerprint density at radius 3 is 2.67 bits per heavy atom. The van der Waals surface area contributed by atoms with E-state index in [1.54, 1.807) is 12.7 Å². The summed E-state index contributed by atoms with van der Waals surface area (Å²) in [6.07, 6.45) is 3.28. The van der Waals surface area contributed by atoms with Gasteiger partial charge in [0.15, 0.2) is 5.58 Å². The summed E-state index contributed by atoms with van der Waals surface area (Å²) in [4.78, 5) is 4.52. The van der Waals surface area contributed by atoms with Gasteiger partial charge < -0.3 is 4.42 Å². The maximum Gasteiger partial charge on any atom is 0.227 e. The molecule has 0 aliphatic rings. The number of oxazole rings is 1. The molecule has 0 amide bonds. The third-order valence-electron chi connectivity index (χ3n) is 3.16. The van der Waals surface area contributed by atoms with Crippen LogP contribution in [0, 0.1) is 0 Å². The van der Waals surface area contributed by atoms with Crippen LogP contribution in [-0.2, 0) is 0 Å². The molecule has 0 unspecified atom stereocenters. The Kier molecular flexibility index (Phi) is 2.72. The molecule has 0 saturated carbocycles. The average molecular weight is 297 g/mol. The maximum absolute atomic E-state index is 6.00. The van der Waals surface area contributed by atoms with E-state index in [0.717, 1.165) is 22.4 Å². The van der Waals surface area contributed by atoms with Crippen molar-refractivity contribution in [1.82, 2.24) is 19.7 Å². The summed E-state index contributed by atoms with van der Waals surface area (Å²) in [5, 5.41) is 8.24. The SMILES string of the molecule is Clc1cccc(-c2nc3cc(-n4cnnc4)ccc3o2)c1. The smallest absolute Gasteiger partial charge is 0.227 e. The van der Waals surface area contributed by atoms with Crippen LogP contribution in [0.3, 0.4) is 0 Å². The summed E-state index contributed by atoms with van der Waals surface area (Å²) in [5.41, 5.74) is 3.28. The Balaban J connectivity index is 1.83. The van der Waals surface area contributed by atoms with Crippen molar-refractivity contribution in [2.45, 2.75) is 0 Å². The lowest BCUT2D eigenvalue weighted by atomic mass is 10.2. The van der Waals surface area contributed by atoms with E-state index in [-0.39, 0.29) is 0 Å². The number of aromatic nitrogens is 4. The lowest BCUT2D eigenvalue weighted by Gasteiger charge is -1.98. The third kappa shape index (κ3) is 2.17. The molecule has 4 rings (SSSR count). The van der Waals surface area contributed by atoms with E-state index in [1.165, 1.54) is 0 Å². The number of rotatable bonds is 2. The van der Waals surface area contributed by atoms with Gasteiger partial charge in [0.1, 0.15) is 18.2 Å². The molecule has 0 bridgehead atoms. The van der Waals surface area contributed by atoms with Crippen molar-refractivity contribution in [2.24, 2.45) is 0 Å². The zero-order valence-electron chi connectivity index (χ0n) is 10.8. The Morgan fingerprint density at radius 1 is 1.00 bits per heavy atom. The molecule has 4 aromatic rings. The molecule has 5 nitrogen and oxygen atoms in total. The van der Waals surface area contributed by atoms with E-state index < -0.39 is 0 Å². The van der Waals surface area contributed by atoms with Crippen LogP contribution in [0.1, 0.15) is 0 Å². The number of halogens is 1. The third-order valence-corrected chi connectivity index (χ3v) is 3.39. The second-order valence-electron chi connectivity index (χ2n) is 4.55. The molecular formula is C15H9ClN4O. The minimum absolute atomic E-state index is 0.549. The van der Waals surface area contributed by atoms with Gasteiger partial charge in [0.05, 0.1) is 5.69 Å². The van der Waals surface area contributed by atoms with Crippen LogP contribution in [0.25, 0.3) is 28.2 Å². The van der Waals surface area contributed by atoms with Crippen molar-refractivity contribution in [3.05, 3.63) is 60.1 Å². The summed E-state index contributed by atoms with van der Waals surface area (Å²) < 4.78 is 7.58. The molecule has 0 radical (unpaired) electrons. The van der Waals surface area contributed by atoms with E-state index in [2.05, 4.69) is 15.2 Å². The van der Waals surface area contributed by atoms with Gasteiger partial charge in [-0.25, -0.2) is 4.98 Å². The van der Waals surface area contributed by atoms with Crippen LogP contribution in [0.4, 0.5) is 0 Å². The standard InChI is InChI=1S/C15H9ClN4O/c16-11-3-1-2-10(6-11)15-19-13-7-12(4-5-14(13)21-15)20-8-17-18-9-20/h1-9H. The van der Waals surface area contributed by atoms with Gasteiger partial charge in [0, 0.05) is 10.6 Å². The molecule has 0 atom stereocenters. The van der Waals surface area contributed by atoms with Crippen LogP contribution >= 0.6 is 11.6 Å². The monoisotopic (exact) mass is 296 g/mol. The van der Waals surface area contributed by atoms with E-state index in [9.17, 15) is 0 Å². The first-order valence-corrected chi connectivity index (χ1v) is 6.69. The highest BCUT2D eigenvalue weighted by Crippen LogP contribution is 2.27. The fourth-order valence-corrected chi connectivity index (χ4v) is 2.35. The molecule has 21 heavy (non-hydrogen) atoms. The predicted molar refractivity (Wildman–Crippen MR) is 79.4 cm³/mol. The van der Waals surface area contributed by atoms with Crippen molar-refractivity contribution in [3.8, 4) is 17.1 Å². The second kappa shape index (κ2) is 4.71. The summed E-state index contributed by atoms with van der Waals surface area (Å²) in [7, 11) is 0. The zero-order valence-corrected chi connectivity index (χ0v) is 11.5. The first kappa shape index (κ1) is 12.1. The molecule has 0 saturated heterocycles. The fraction of sp³-hybridized carbons (Fsp3) is 0. The molecule has 2 heterocycles. The quantitative estimate of drug-likeness (QED) is 0.565. The van der Waals surface area contributed by atoms with Gasteiger partial charge in [-0.05, 0) is 36.4 Å². The molecule has 0 spiro atoms. The van der Waals surface area contributed by atoms with Gasteiger partial charge >= 0.3 is 0 Å². The fourth-order valence-electron chi connectivity index (χ4n) is 2.16. The Morgan fingerprint density at radius 2 is 1.86 bits per heavy atom. The number of benzene rings is 2. The molecule has 0 fully saturated rings. The Labute approximate surface area is 124 Å². The van der Waals surface area contributed by atoms with Crippen LogP contribution in [0.15, 0.2) is 59.5 Å². The summed E-state index contributed by atoms with van der Waals surface area (Å²) >= 11 is 6.00. The highest BCUT2D eigenvalue weighted by atomic mass is 35.5. The van der Waals surface area contributed by atoms with Crippen LogP contribution < -0.4 is 0 Å². The summed E-state index contributed by atoms with van der Waals surface area (Å²) in [5.74, 6) is 0.549. The Hall–Kier alpha value is -2.66. The number of nitrogens with zero attached hydrogens (tertiary/aromatic N) is 4. The number of fused-ring (bicyclic) bond motifs is 1. The first-order chi connectivity index (χ1) is 10.3. The molecule has 0 N–H and O–H groups in total. The van der Waals surface area contributed by atoms with E-state index in [1.807, 2.05) is 47.0 Å². The average Bonchev–Trinajstić information content (AvgIpc) is 3.16. The van der Waals surface area contributed by atoms with Gasteiger partial charge in [0.2, 0.25) is 5.89 Å². The molecular weight excluding hydrogens is 288 g/mol. The van der Waals surface area contributed by atoms with Crippen molar-refractivity contribution in [1.29, 1.82) is 0 Å². The number of hydrogen-bond acceptors (Lipinski definition) is 4. The van der Waals surface area contributed by atoms with E-state index in [4.69, 9.17) is 16.0 Å².